The quantitative estimate of drug-likeness (QED) is 0.211. The van der Waals surface area contributed by atoms with Gasteiger partial charge in [0.15, 0.2) is 17.0 Å². The predicted molar refractivity (Wildman–Crippen MR) is 140 cm³/mol. The van der Waals surface area contributed by atoms with Gasteiger partial charge in [0.1, 0.15) is 23.9 Å². The minimum absolute atomic E-state index is 0.0321. The van der Waals surface area contributed by atoms with Crippen LogP contribution in [-0.4, -0.2) is 85.5 Å². The Labute approximate surface area is 234 Å². The molecule has 0 aromatic rings. The minimum Gasteiger partial charge on any atom is -0.454 e. The van der Waals surface area contributed by atoms with Gasteiger partial charge in [-0.05, 0) is 32.8 Å². The molecule has 6 aliphatic rings. The molecule has 4 saturated carbocycles. The zero-order chi connectivity index (χ0) is 30.0. The molecule has 1 heterocycles. The highest BCUT2D eigenvalue weighted by molar-refractivity contribution is 6.05. The molecule has 0 amide bonds. The number of aliphatic hydroxyl groups excluding tert-OH is 2. The molecular formula is C30H42O10. The van der Waals surface area contributed by atoms with E-state index >= 15 is 0 Å². The number of epoxide rings is 1. The van der Waals surface area contributed by atoms with Crippen molar-refractivity contribution < 1.29 is 49.0 Å². The third kappa shape index (κ3) is 2.85. The maximum atomic E-state index is 13.5. The summed E-state index contributed by atoms with van der Waals surface area (Å²) in [6, 6.07) is 0. The van der Waals surface area contributed by atoms with E-state index in [2.05, 4.69) is 0 Å². The topological polar surface area (TPSA) is 163 Å². The molecule has 6 rings (SSSR count). The van der Waals surface area contributed by atoms with E-state index in [-0.39, 0.29) is 12.0 Å². The van der Waals surface area contributed by atoms with Gasteiger partial charge in [0.25, 0.3) is 0 Å². The number of esters is 2. The molecule has 2 bridgehead atoms. The third-order valence-corrected chi connectivity index (χ3v) is 11.7. The Hall–Kier alpha value is -2.11. The van der Waals surface area contributed by atoms with Crippen LogP contribution in [0.4, 0.5) is 0 Å². The lowest BCUT2D eigenvalue weighted by molar-refractivity contribution is -0.417. The average Bonchev–Trinajstić information content (AvgIpc) is 3.62. The maximum absolute atomic E-state index is 13.5. The number of hydrogen-bond acceptors (Lipinski definition) is 10. The van der Waals surface area contributed by atoms with Crippen LogP contribution in [-0.2, 0) is 28.6 Å². The third-order valence-electron chi connectivity index (χ3n) is 11.7. The van der Waals surface area contributed by atoms with Gasteiger partial charge in [-0.2, -0.15) is 0 Å². The van der Waals surface area contributed by atoms with Crippen LogP contribution in [0.25, 0.3) is 0 Å². The standard InChI is InChI=1S/C30H42O10/c1-9-14(3)21(33)38-20-17(6)30(37)18-11-16(5)19(32)29(18,36)23(35)26(13-31)24(40-26)27(30)12-28(20,25(27,7)8)39-22(34)15(4)10-2/h9,11,15,17-18,20,23-24,31,35-37H,10,12-13H2,1-8H3/b14-9+. The van der Waals surface area contributed by atoms with E-state index in [0.717, 1.165) is 0 Å². The molecule has 11 atom stereocenters. The fourth-order valence-corrected chi connectivity index (χ4v) is 8.81. The van der Waals surface area contributed by atoms with E-state index in [0.29, 0.717) is 12.0 Å². The first-order valence-electron chi connectivity index (χ1n) is 14.2. The van der Waals surface area contributed by atoms with Crippen molar-refractivity contribution in [2.45, 2.75) is 109 Å². The van der Waals surface area contributed by atoms with E-state index in [1.165, 1.54) is 13.0 Å². The van der Waals surface area contributed by atoms with Gasteiger partial charge in [0.05, 0.1) is 18.1 Å². The lowest BCUT2D eigenvalue weighted by Crippen LogP contribution is -2.90. The minimum atomic E-state index is -2.50. The number of carbonyl (C=O) groups is 3. The first kappa shape index (κ1) is 29.4. The Balaban J connectivity index is 1.77. The van der Waals surface area contributed by atoms with Gasteiger partial charge in [-0.25, -0.2) is 4.79 Å². The highest BCUT2D eigenvalue weighted by Crippen LogP contribution is 2.84. The molecule has 10 heteroatoms. The number of ether oxygens (including phenoxy) is 3. The Morgan fingerprint density at radius 3 is 2.42 bits per heavy atom. The summed E-state index contributed by atoms with van der Waals surface area (Å²) in [6.07, 6.45) is -0.447. The number of ketones is 1. The van der Waals surface area contributed by atoms with Gasteiger partial charge in [0.2, 0.25) is 0 Å². The molecule has 0 aromatic carbocycles. The molecular weight excluding hydrogens is 520 g/mol. The first-order valence-corrected chi connectivity index (χ1v) is 14.2. The number of carbonyl (C=O) groups excluding carboxylic acids is 3. The van der Waals surface area contributed by atoms with Crippen LogP contribution in [0.5, 0.6) is 0 Å². The lowest BCUT2D eigenvalue weighted by atomic mass is 9.27. The molecule has 0 aromatic heterocycles. The molecule has 5 aliphatic carbocycles. The second kappa shape index (κ2) is 8.47. The Morgan fingerprint density at radius 2 is 1.90 bits per heavy atom. The smallest absolute Gasteiger partial charge is 0.333 e. The summed E-state index contributed by atoms with van der Waals surface area (Å²) >= 11 is 0. The highest BCUT2D eigenvalue weighted by atomic mass is 16.6. The fraction of sp³-hybridized carbons (Fsp3) is 0.767. The average molecular weight is 563 g/mol. The van der Waals surface area contributed by atoms with Crippen LogP contribution in [0.2, 0.25) is 0 Å². The van der Waals surface area contributed by atoms with Crippen LogP contribution in [0.15, 0.2) is 23.3 Å². The van der Waals surface area contributed by atoms with Crippen molar-refractivity contribution in [3.8, 4) is 0 Å². The molecule has 1 spiro atoms. The van der Waals surface area contributed by atoms with Crippen molar-refractivity contribution in [3.05, 3.63) is 23.3 Å². The van der Waals surface area contributed by atoms with E-state index in [4.69, 9.17) is 14.2 Å². The first-order chi connectivity index (χ1) is 18.5. The molecule has 11 unspecified atom stereocenters. The summed E-state index contributed by atoms with van der Waals surface area (Å²) in [7, 11) is 0. The lowest BCUT2D eigenvalue weighted by Gasteiger charge is -2.79. The van der Waals surface area contributed by atoms with Gasteiger partial charge in [-0.15, -0.1) is 0 Å². The van der Waals surface area contributed by atoms with Gasteiger partial charge in [-0.3, -0.25) is 9.59 Å². The summed E-state index contributed by atoms with van der Waals surface area (Å²) in [5.41, 5.74) is -9.61. The second-order valence-electron chi connectivity index (χ2n) is 13.3. The number of Topliss-reactive ketones (excluding diaryl/α,β-unsaturated/α-hetero) is 1. The Kier molecular flexibility index (Phi) is 6.22. The van der Waals surface area contributed by atoms with Crippen LogP contribution in [0.1, 0.15) is 68.2 Å². The number of fused-ring (bicyclic) bond motifs is 3. The summed E-state index contributed by atoms with van der Waals surface area (Å²) in [5.74, 6) is -4.65. The van der Waals surface area contributed by atoms with Crippen LogP contribution >= 0.6 is 0 Å². The van der Waals surface area contributed by atoms with E-state index in [1.54, 1.807) is 47.6 Å². The summed E-state index contributed by atoms with van der Waals surface area (Å²) in [6.45, 7) is 12.9. The maximum Gasteiger partial charge on any atom is 0.333 e. The zero-order valence-electron chi connectivity index (χ0n) is 24.5. The van der Waals surface area contributed by atoms with Crippen LogP contribution in [0, 0.1) is 28.6 Å². The molecule has 1 aliphatic heterocycles. The molecule has 222 valence electrons. The molecule has 5 fully saturated rings. The molecule has 0 radical (unpaired) electrons. The van der Waals surface area contributed by atoms with Crippen molar-refractivity contribution in [2.75, 3.05) is 6.61 Å². The molecule has 10 nitrogen and oxygen atoms in total. The Morgan fingerprint density at radius 1 is 1.27 bits per heavy atom. The van der Waals surface area contributed by atoms with Gasteiger partial charge < -0.3 is 34.6 Å². The number of aliphatic hydroxyl groups is 4. The number of allylic oxidation sites excluding steroid dienone is 1. The largest absolute Gasteiger partial charge is 0.454 e. The SMILES string of the molecule is C/C=C(\C)C(=O)OC1C(C)C2(O)C3C=C(C)C(=O)C3(O)C(O)C3(CO)OC3C23CC1(OC(=O)C(C)CC)C3(C)C. The number of hydrogen-bond donors (Lipinski definition) is 4. The zero-order valence-corrected chi connectivity index (χ0v) is 24.5. The summed E-state index contributed by atoms with van der Waals surface area (Å²) < 4.78 is 18.5. The molecule has 4 N–H and O–H groups in total. The fourth-order valence-electron chi connectivity index (χ4n) is 8.81. The van der Waals surface area contributed by atoms with Crippen molar-refractivity contribution in [1.82, 2.24) is 0 Å². The van der Waals surface area contributed by atoms with Crippen LogP contribution < -0.4 is 0 Å². The van der Waals surface area contributed by atoms with Crippen molar-refractivity contribution in [2.24, 2.45) is 28.6 Å². The van der Waals surface area contributed by atoms with Crippen LogP contribution in [0.3, 0.4) is 0 Å². The Bertz CT molecular complexity index is 1240. The summed E-state index contributed by atoms with van der Waals surface area (Å²) in [5, 5.41) is 47.2. The highest BCUT2D eigenvalue weighted by Gasteiger charge is 2.97. The van der Waals surface area contributed by atoms with Crippen molar-refractivity contribution in [1.29, 1.82) is 0 Å². The normalized spacial score (nSPS) is 48.9. The second-order valence-corrected chi connectivity index (χ2v) is 13.3. The predicted octanol–water partition coefficient (Wildman–Crippen LogP) is 1.37. The van der Waals surface area contributed by atoms with E-state index < -0.39 is 93.6 Å². The van der Waals surface area contributed by atoms with Gasteiger partial charge in [0, 0.05) is 34.7 Å². The van der Waals surface area contributed by atoms with Gasteiger partial charge >= 0.3 is 11.9 Å². The molecule has 1 saturated heterocycles. The monoisotopic (exact) mass is 562 g/mol. The number of rotatable bonds is 6. The van der Waals surface area contributed by atoms with E-state index in [1.807, 2.05) is 6.92 Å². The van der Waals surface area contributed by atoms with Gasteiger partial charge in [-0.1, -0.05) is 46.8 Å². The van der Waals surface area contributed by atoms with Crippen molar-refractivity contribution in [3.63, 3.8) is 0 Å². The molecule has 40 heavy (non-hydrogen) atoms. The summed E-state index contributed by atoms with van der Waals surface area (Å²) in [4.78, 5) is 40.0. The van der Waals surface area contributed by atoms with E-state index in [9.17, 15) is 34.8 Å². The van der Waals surface area contributed by atoms with Crippen molar-refractivity contribution >= 4 is 17.7 Å².